The van der Waals surface area contributed by atoms with Crippen molar-refractivity contribution >= 4 is 11.9 Å². The standard InChI is InChI=1S/C13H19NO3.C5H10O/c1-13(2,3)17-12(16)14-9-8-10-4-6-11(15)7-5-10;1-4(2)5(3)6/h4-7,15H,8-9H2,1-3H3,(H,14,16);4H,1-3H3. The zero-order valence-electron chi connectivity index (χ0n) is 15.0. The van der Waals surface area contributed by atoms with Gasteiger partial charge in [0.05, 0.1) is 0 Å². The molecule has 5 heteroatoms. The van der Waals surface area contributed by atoms with Crippen LogP contribution in [0.3, 0.4) is 0 Å². The van der Waals surface area contributed by atoms with Crippen molar-refractivity contribution in [2.45, 2.75) is 53.6 Å². The van der Waals surface area contributed by atoms with Crippen LogP contribution in [0.2, 0.25) is 0 Å². The van der Waals surface area contributed by atoms with E-state index in [1.807, 2.05) is 46.8 Å². The van der Waals surface area contributed by atoms with Crippen LogP contribution >= 0.6 is 0 Å². The topological polar surface area (TPSA) is 75.6 Å². The molecule has 0 saturated heterocycles. The number of phenols is 1. The minimum absolute atomic E-state index is 0.213. The number of hydrogen-bond donors (Lipinski definition) is 2. The van der Waals surface area contributed by atoms with Gasteiger partial charge in [0.25, 0.3) is 0 Å². The summed E-state index contributed by atoms with van der Waals surface area (Å²) >= 11 is 0. The minimum Gasteiger partial charge on any atom is -0.508 e. The number of carbonyl (C=O) groups is 2. The minimum atomic E-state index is -0.470. The molecule has 23 heavy (non-hydrogen) atoms. The SMILES string of the molecule is CC(=O)C(C)C.CC(C)(C)OC(=O)NCCc1ccc(O)cc1. The average molecular weight is 323 g/mol. The summed E-state index contributed by atoms with van der Waals surface area (Å²) in [5, 5.41) is 11.8. The summed E-state index contributed by atoms with van der Waals surface area (Å²) in [5.74, 6) is 0.717. The van der Waals surface area contributed by atoms with Gasteiger partial charge in [0.1, 0.15) is 17.1 Å². The molecule has 0 aliphatic heterocycles. The van der Waals surface area contributed by atoms with Gasteiger partial charge in [0, 0.05) is 12.5 Å². The Morgan fingerprint density at radius 1 is 1.17 bits per heavy atom. The summed E-state index contributed by atoms with van der Waals surface area (Å²) in [4.78, 5) is 21.5. The van der Waals surface area contributed by atoms with E-state index in [9.17, 15) is 9.59 Å². The lowest BCUT2D eigenvalue weighted by molar-refractivity contribution is -0.119. The highest BCUT2D eigenvalue weighted by Gasteiger charge is 2.15. The Morgan fingerprint density at radius 3 is 2.04 bits per heavy atom. The van der Waals surface area contributed by atoms with Gasteiger partial charge in [-0.15, -0.1) is 0 Å². The lowest BCUT2D eigenvalue weighted by Gasteiger charge is -2.19. The van der Waals surface area contributed by atoms with Crippen LogP contribution in [-0.4, -0.2) is 29.1 Å². The number of ether oxygens (including phenoxy) is 1. The summed E-state index contributed by atoms with van der Waals surface area (Å²) < 4.78 is 5.10. The third kappa shape index (κ3) is 12.2. The van der Waals surface area contributed by atoms with Gasteiger partial charge in [0.2, 0.25) is 0 Å². The predicted octanol–water partition coefficient (Wildman–Crippen LogP) is 3.69. The van der Waals surface area contributed by atoms with E-state index in [1.165, 1.54) is 0 Å². The first-order chi connectivity index (χ1) is 10.5. The fourth-order valence-electron chi connectivity index (χ4n) is 1.29. The van der Waals surface area contributed by atoms with Gasteiger partial charge in [-0.3, -0.25) is 4.79 Å². The Labute approximate surface area is 139 Å². The fourth-order valence-corrected chi connectivity index (χ4v) is 1.29. The van der Waals surface area contributed by atoms with E-state index in [0.717, 1.165) is 5.56 Å². The van der Waals surface area contributed by atoms with E-state index in [-0.39, 0.29) is 17.5 Å². The number of amides is 1. The lowest BCUT2D eigenvalue weighted by Crippen LogP contribution is -2.33. The molecule has 1 rings (SSSR count). The van der Waals surface area contributed by atoms with Gasteiger partial charge < -0.3 is 15.2 Å². The third-order valence-corrected chi connectivity index (χ3v) is 2.83. The summed E-state index contributed by atoms with van der Waals surface area (Å²) in [6.07, 6.45) is 0.302. The van der Waals surface area contributed by atoms with Crippen molar-refractivity contribution in [1.82, 2.24) is 5.32 Å². The second-order valence-electron chi connectivity index (χ2n) is 6.61. The lowest BCUT2D eigenvalue weighted by atomic mass is 10.1. The molecule has 0 aliphatic carbocycles. The monoisotopic (exact) mass is 323 g/mol. The number of hydrogen-bond acceptors (Lipinski definition) is 4. The molecular formula is C18H29NO4. The van der Waals surface area contributed by atoms with Crippen molar-refractivity contribution < 1.29 is 19.4 Å². The van der Waals surface area contributed by atoms with Crippen LogP contribution in [0.4, 0.5) is 4.79 Å². The van der Waals surface area contributed by atoms with E-state index in [4.69, 9.17) is 9.84 Å². The van der Waals surface area contributed by atoms with Crippen LogP contribution in [0.1, 0.15) is 47.1 Å². The molecule has 0 spiro atoms. The third-order valence-electron chi connectivity index (χ3n) is 2.83. The first-order valence-electron chi connectivity index (χ1n) is 7.76. The van der Waals surface area contributed by atoms with Crippen molar-refractivity contribution in [1.29, 1.82) is 0 Å². The molecule has 5 nitrogen and oxygen atoms in total. The molecule has 0 aliphatic rings. The number of benzene rings is 1. The molecule has 0 unspecified atom stereocenters. The van der Waals surface area contributed by atoms with Gasteiger partial charge >= 0.3 is 6.09 Å². The van der Waals surface area contributed by atoms with Crippen LogP contribution in [0, 0.1) is 5.92 Å². The van der Waals surface area contributed by atoms with Gasteiger partial charge in [-0.1, -0.05) is 26.0 Å². The second-order valence-corrected chi connectivity index (χ2v) is 6.61. The number of carbonyl (C=O) groups excluding carboxylic acids is 2. The zero-order chi connectivity index (χ0) is 18.0. The van der Waals surface area contributed by atoms with Crippen molar-refractivity contribution in [3.05, 3.63) is 29.8 Å². The molecule has 2 N–H and O–H groups in total. The fraction of sp³-hybridized carbons (Fsp3) is 0.556. The van der Waals surface area contributed by atoms with Gasteiger partial charge in [0.15, 0.2) is 0 Å². The predicted molar refractivity (Wildman–Crippen MR) is 91.6 cm³/mol. The first-order valence-corrected chi connectivity index (χ1v) is 7.76. The van der Waals surface area contributed by atoms with Crippen LogP contribution in [-0.2, 0) is 16.0 Å². The number of Topliss-reactive ketones (excluding diaryl/α,β-unsaturated/α-hetero) is 1. The summed E-state index contributed by atoms with van der Waals surface area (Å²) in [5.41, 5.74) is 0.585. The summed E-state index contributed by atoms with van der Waals surface area (Å²) in [6.45, 7) is 11.4. The Bertz CT molecular complexity index is 487. The second kappa shape index (κ2) is 9.87. The first kappa shape index (κ1) is 21.0. The summed E-state index contributed by atoms with van der Waals surface area (Å²) in [7, 11) is 0. The van der Waals surface area contributed by atoms with E-state index in [2.05, 4.69) is 5.32 Å². The normalized spacial score (nSPS) is 10.6. The van der Waals surface area contributed by atoms with Gasteiger partial charge in [-0.25, -0.2) is 4.79 Å². The Kier molecular flexibility index (Phi) is 9.00. The number of rotatable bonds is 4. The highest BCUT2D eigenvalue weighted by molar-refractivity contribution is 5.77. The van der Waals surface area contributed by atoms with Crippen molar-refractivity contribution in [2.24, 2.45) is 5.92 Å². The van der Waals surface area contributed by atoms with E-state index in [1.54, 1.807) is 19.1 Å². The maximum absolute atomic E-state index is 11.3. The van der Waals surface area contributed by atoms with Crippen LogP contribution in [0.25, 0.3) is 0 Å². The van der Waals surface area contributed by atoms with Crippen LogP contribution in [0.5, 0.6) is 5.75 Å². The van der Waals surface area contributed by atoms with E-state index < -0.39 is 11.7 Å². The van der Waals surface area contributed by atoms with E-state index in [0.29, 0.717) is 13.0 Å². The van der Waals surface area contributed by atoms with Crippen LogP contribution in [0.15, 0.2) is 24.3 Å². The smallest absolute Gasteiger partial charge is 0.407 e. The molecule has 0 saturated carbocycles. The quantitative estimate of drug-likeness (QED) is 0.886. The number of nitrogens with one attached hydrogen (secondary N) is 1. The highest BCUT2D eigenvalue weighted by Crippen LogP contribution is 2.10. The number of aromatic hydroxyl groups is 1. The van der Waals surface area contributed by atoms with Gasteiger partial charge in [-0.05, 0) is 51.8 Å². The molecule has 0 aromatic heterocycles. The number of phenolic OH excluding ortho intramolecular Hbond substituents is 1. The molecule has 0 bridgehead atoms. The molecule has 1 aromatic rings. The molecule has 0 heterocycles. The van der Waals surface area contributed by atoms with E-state index >= 15 is 0 Å². The number of ketones is 1. The molecule has 130 valence electrons. The maximum Gasteiger partial charge on any atom is 0.407 e. The zero-order valence-corrected chi connectivity index (χ0v) is 15.0. The molecule has 1 aromatic carbocycles. The molecule has 1 amide bonds. The largest absolute Gasteiger partial charge is 0.508 e. The van der Waals surface area contributed by atoms with Crippen LogP contribution < -0.4 is 5.32 Å². The molecule has 0 radical (unpaired) electrons. The Balaban J connectivity index is 0.000000688. The van der Waals surface area contributed by atoms with Crippen molar-refractivity contribution in [3.63, 3.8) is 0 Å². The molecular weight excluding hydrogens is 294 g/mol. The molecule has 0 fully saturated rings. The highest BCUT2D eigenvalue weighted by atomic mass is 16.6. The van der Waals surface area contributed by atoms with Crippen molar-refractivity contribution in [3.8, 4) is 5.75 Å². The molecule has 0 atom stereocenters. The Morgan fingerprint density at radius 2 is 1.65 bits per heavy atom. The Hall–Kier alpha value is -2.04. The number of alkyl carbamates (subject to hydrolysis) is 1. The van der Waals surface area contributed by atoms with Crippen molar-refractivity contribution in [2.75, 3.05) is 6.54 Å². The maximum atomic E-state index is 11.3. The summed E-state index contributed by atoms with van der Waals surface area (Å²) in [6, 6.07) is 6.91. The van der Waals surface area contributed by atoms with Gasteiger partial charge in [-0.2, -0.15) is 0 Å². The average Bonchev–Trinajstić information content (AvgIpc) is 2.39.